The summed E-state index contributed by atoms with van der Waals surface area (Å²) < 4.78 is 11.9. The van der Waals surface area contributed by atoms with Crippen LogP contribution in [0.2, 0.25) is 10.0 Å². The Labute approximate surface area is 192 Å². The summed E-state index contributed by atoms with van der Waals surface area (Å²) in [5.41, 5.74) is 2.44. The van der Waals surface area contributed by atoms with E-state index in [0.717, 1.165) is 31.1 Å². The molecular formula is C24H25Cl2N3O2. The number of hydrogen-bond acceptors (Lipinski definition) is 5. The quantitative estimate of drug-likeness (QED) is 0.359. The first kappa shape index (κ1) is 23.0. The number of halogens is 2. The van der Waals surface area contributed by atoms with Gasteiger partial charge in [-0.25, -0.2) is 0 Å². The molecule has 1 aromatic heterocycles. The van der Waals surface area contributed by atoms with E-state index in [0.29, 0.717) is 44.0 Å². The van der Waals surface area contributed by atoms with E-state index in [1.165, 1.54) is 6.20 Å². The van der Waals surface area contributed by atoms with E-state index in [-0.39, 0.29) is 6.10 Å². The number of pyridine rings is 1. The van der Waals surface area contributed by atoms with E-state index in [9.17, 15) is 5.26 Å². The first-order chi connectivity index (χ1) is 15.0. The summed E-state index contributed by atoms with van der Waals surface area (Å²) >= 11 is 12.2. The number of fused-ring (bicyclic) bond motifs is 1. The first-order valence-corrected chi connectivity index (χ1v) is 11.1. The molecule has 0 amide bonds. The molecular weight excluding hydrogens is 433 g/mol. The second kappa shape index (κ2) is 10.6. The lowest BCUT2D eigenvalue weighted by Gasteiger charge is -2.20. The summed E-state index contributed by atoms with van der Waals surface area (Å²) in [5, 5.41) is 14.6. The van der Waals surface area contributed by atoms with Gasteiger partial charge in [0.2, 0.25) is 0 Å². The number of unbranched alkanes of at least 4 members (excludes halogenated alkanes) is 1. The van der Waals surface area contributed by atoms with Crippen molar-refractivity contribution >= 4 is 45.5 Å². The van der Waals surface area contributed by atoms with Crippen molar-refractivity contribution in [2.24, 2.45) is 0 Å². The molecule has 0 saturated carbocycles. The number of nitriles is 1. The van der Waals surface area contributed by atoms with Gasteiger partial charge in [0.25, 0.3) is 0 Å². The normalized spacial score (nSPS) is 11.7. The Balaban J connectivity index is 2.09. The molecule has 31 heavy (non-hydrogen) atoms. The Bertz CT molecular complexity index is 1110. The summed E-state index contributed by atoms with van der Waals surface area (Å²) in [6, 6.07) is 11.2. The van der Waals surface area contributed by atoms with E-state index in [4.69, 9.17) is 32.7 Å². The highest BCUT2D eigenvalue weighted by Crippen LogP contribution is 2.38. The van der Waals surface area contributed by atoms with Crippen molar-refractivity contribution in [1.29, 1.82) is 5.26 Å². The average Bonchev–Trinajstić information content (AvgIpc) is 2.78. The lowest BCUT2D eigenvalue weighted by atomic mass is 10.1. The van der Waals surface area contributed by atoms with Crippen LogP contribution >= 0.6 is 23.2 Å². The van der Waals surface area contributed by atoms with Crippen LogP contribution in [0.1, 0.15) is 45.1 Å². The van der Waals surface area contributed by atoms with Crippen LogP contribution in [0.4, 0.5) is 11.4 Å². The van der Waals surface area contributed by atoms with Gasteiger partial charge < -0.3 is 14.8 Å². The molecule has 0 fully saturated rings. The highest BCUT2D eigenvalue weighted by atomic mass is 35.5. The van der Waals surface area contributed by atoms with Gasteiger partial charge in [0.05, 0.1) is 40.0 Å². The summed E-state index contributed by atoms with van der Waals surface area (Å²) in [4.78, 5) is 4.44. The average molecular weight is 458 g/mol. The maximum absolute atomic E-state index is 9.67. The highest BCUT2D eigenvalue weighted by Gasteiger charge is 2.17. The molecule has 1 heterocycles. The van der Waals surface area contributed by atoms with Crippen LogP contribution in [-0.2, 0) is 0 Å². The van der Waals surface area contributed by atoms with Crippen molar-refractivity contribution in [2.75, 3.05) is 12.4 Å². The van der Waals surface area contributed by atoms with Crippen molar-refractivity contribution in [1.82, 2.24) is 4.98 Å². The molecule has 0 spiro atoms. The van der Waals surface area contributed by atoms with E-state index in [2.05, 4.69) is 30.2 Å². The molecule has 7 heteroatoms. The number of benzene rings is 2. The van der Waals surface area contributed by atoms with Gasteiger partial charge in [-0.2, -0.15) is 5.26 Å². The number of aromatic nitrogens is 1. The molecule has 0 bridgehead atoms. The maximum Gasteiger partial charge on any atom is 0.162 e. The summed E-state index contributed by atoms with van der Waals surface area (Å²) in [7, 11) is 1.61. The van der Waals surface area contributed by atoms with E-state index < -0.39 is 0 Å². The minimum atomic E-state index is 0.0879. The molecule has 5 nitrogen and oxygen atoms in total. The largest absolute Gasteiger partial charge is 0.493 e. The van der Waals surface area contributed by atoms with Gasteiger partial charge in [-0.1, -0.05) is 49.9 Å². The smallest absolute Gasteiger partial charge is 0.162 e. The van der Waals surface area contributed by atoms with Crippen LogP contribution in [0, 0.1) is 11.3 Å². The molecule has 1 atom stereocenters. The van der Waals surface area contributed by atoms with Crippen molar-refractivity contribution in [3.63, 3.8) is 0 Å². The molecule has 1 N–H and O–H groups in total. The fraction of sp³-hybridized carbons (Fsp3) is 0.333. The standard InChI is InChI=1S/C24H25Cl2N3O2/c1-4-6-7-17(5-2)31-23-11-18-21(12-22(23)30-3)28-14-15(13-27)24(18)29-16-8-9-19(25)20(26)10-16/h8-12,14,17H,4-7H2,1-3H3,(H,28,29). The molecule has 1 unspecified atom stereocenters. The van der Waals surface area contributed by atoms with Gasteiger partial charge in [0.15, 0.2) is 11.5 Å². The minimum Gasteiger partial charge on any atom is -0.493 e. The molecule has 162 valence electrons. The third kappa shape index (κ3) is 5.33. The third-order valence-corrected chi connectivity index (χ3v) is 5.83. The van der Waals surface area contributed by atoms with Crippen molar-refractivity contribution < 1.29 is 9.47 Å². The summed E-state index contributed by atoms with van der Waals surface area (Å²) in [6.07, 6.45) is 5.70. The van der Waals surface area contributed by atoms with Crippen LogP contribution in [0.5, 0.6) is 11.5 Å². The van der Waals surface area contributed by atoms with Crippen LogP contribution in [0.3, 0.4) is 0 Å². The molecule has 3 aromatic rings. The van der Waals surface area contributed by atoms with Gasteiger partial charge >= 0.3 is 0 Å². The Morgan fingerprint density at radius 2 is 1.94 bits per heavy atom. The Morgan fingerprint density at radius 3 is 2.58 bits per heavy atom. The van der Waals surface area contributed by atoms with Gasteiger partial charge in [0.1, 0.15) is 6.07 Å². The van der Waals surface area contributed by atoms with E-state index >= 15 is 0 Å². The zero-order valence-corrected chi connectivity index (χ0v) is 19.3. The lowest BCUT2D eigenvalue weighted by molar-refractivity contribution is 0.176. The first-order valence-electron chi connectivity index (χ1n) is 10.3. The maximum atomic E-state index is 9.67. The van der Waals surface area contributed by atoms with E-state index in [1.807, 2.05) is 12.1 Å². The summed E-state index contributed by atoms with van der Waals surface area (Å²) in [6.45, 7) is 4.28. The monoisotopic (exact) mass is 457 g/mol. The fourth-order valence-corrected chi connectivity index (χ4v) is 3.65. The number of methoxy groups -OCH3 is 1. The third-order valence-electron chi connectivity index (χ3n) is 5.09. The molecule has 0 saturated heterocycles. The Kier molecular flexibility index (Phi) is 7.84. The van der Waals surface area contributed by atoms with Gasteiger partial charge in [-0.15, -0.1) is 0 Å². The minimum absolute atomic E-state index is 0.0879. The molecule has 2 aromatic carbocycles. The number of nitrogens with zero attached hydrogens (tertiary/aromatic N) is 2. The van der Waals surface area contributed by atoms with Crippen molar-refractivity contribution in [3.8, 4) is 17.6 Å². The van der Waals surface area contributed by atoms with E-state index in [1.54, 1.807) is 25.3 Å². The predicted molar refractivity (Wildman–Crippen MR) is 127 cm³/mol. The molecule has 3 rings (SSSR count). The zero-order valence-electron chi connectivity index (χ0n) is 17.8. The topological polar surface area (TPSA) is 67.2 Å². The number of rotatable bonds is 9. The van der Waals surface area contributed by atoms with Crippen molar-refractivity contribution in [3.05, 3.63) is 52.1 Å². The lowest BCUT2D eigenvalue weighted by Crippen LogP contribution is -2.15. The second-order valence-electron chi connectivity index (χ2n) is 7.22. The zero-order chi connectivity index (χ0) is 22.4. The van der Waals surface area contributed by atoms with Gasteiger partial charge in [-0.05, 0) is 37.1 Å². The Hall–Kier alpha value is -2.68. The Morgan fingerprint density at radius 1 is 1.13 bits per heavy atom. The number of anilines is 2. The molecule has 0 radical (unpaired) electrons. The van der Waals surface area contributed by atoms with Gasteiger partial charge in [0, 0.05) is 23.3 Å². The van der Waals surface area contributed by atoms with Crippen LogP contribution in [0.25, 0.3) is 10.9 Å². The fourth-order valence-electron chi connectivity index (χ4n) is 3.35. The number of hydrogen-bond donors (Lipinski definition) is 1. The second-order valence-corrected chi connectivity index (χ2v) is 8.04. The molecule has 0 aliphatic rings. The highest BCUT2D eigenvalue weighted by molar-refractivity contribution is 6.42. The van der Waals surface area contributed by atoms with Crippen LogP contribution < -0.4 is 14.8 Å². The van der Waals surface area contributed by atoms with Gasteiger partial charge in [-0.3, -0.25) is 4.98 Å². The molecule has 0 aliphatic carbocycles. The predicted octanol–water partition coefficient (Wildman–Crippen LogP) is 7.51. The number of nitrogens with one attached hydrogen (secondary N) is 1. The summed E-state index contributed by atoms with van der Waals surface area (Å²) in [5.74, 6) is 1.24. The molecule has 0 aliphatic heterocycles. The van der Waals surface area contributed by atoms with Crippen LogP contribution in [-0.4, -0.2) is 18.2 Å². The SMILES string of the molecule is CCCCC(CC)Oc1cc2c(Nc3ccc(Cl)c(Cl)c3)c(C#N)cnc2cc1OC. The number of ether oxygens (including phenoxy) is 2. The van der Waals surface area contributed by atoms with Crippen molar-refractivity contribution in [2.45, 2.75) is 45.6 Å². The van der Waals surface area contributed by atoms with Crippen LogP contribution in [0.15, 0.2) is 36.5 Å².